The zero-order valence-electron chi connectivity index (χ0n) is 17.2. The van der Waals surface area contributed by atoms with E-state index < -0.39 is 37.4 Å². The van der Waals surface area contributed by atoms with Crippen LogP contribution in [0.5, 0.6) is 0 Å². The van der Waals surface area contributed by atoms with E-state index in [0.717, 1.165) is 9.78 Å². The molecule has 1 atom stereocenters. The fourth-order valence-electron chi connectivity index (χ4n) is 3.43. The number of carbonyl (C=O) groups excluding carboxylic acids is 1. The first-order valence-electron chi connectivity index (χ1n) is 9.48. The predicted molar refractivity (Wildman–Crippen MR) is 123 cm³/mol. The van der Waals surface area contributed by atoms with Crippen molar-refractivity contribution in [3.63, 3.8) is 0 Å². The summed E-state index contributed by atoms with van der Waals surface area (Å²) in [6, 6.07) is 9.16. The highest BCUT2D eigenvalue weighted by Crippen LogP contribution is 2.46. The lowest BCUT2D eigenvalue weighted by Gasteiger charge is -2.24. The number of hydrogen-bond donors (Lipinski definition) is 1. The summed E-state index contributed by atoms with van der Waals surface area (Å²) in [6.07, 6.45) is 0. The molecule has 2 aromatic carbocycles. The first kappa shape index (κ1) is 22.9. The largest absolute Gasteiger partial charge is 0.502 e. The molecular formula is C21H16ClN3O6S2. The summed E-state index contributed by atoms with van der Waals surface area (Å²) >= 11 is 7.05. The number of anilines is 1. The summed E-state index contributed by atoms with van der Waals surface area (Å²) in [5.41, 5.74) is 0.709. The van der Waals surface area contributed by atoms with Crippen LogP contribution in [0.3, 0.4) is 0 Å². The van der Waals surface area contributed by atoms with E-state index in [4.69, 9.17) is 11.6 Å². The molecule has 0 bridgehead atoms. The summed E-state index contributed by atoms with van der Waals surface area (Å²) in [6.45, 7) is 3.55. The van der Waals surface area contributed by atoms with Crippen LogP contribution in [0.1, 0.15) is 22.2 Å². The molecule has 0 saturated heterocycles. The number of aliphatic hydroxyl groups excluding tert-OH is 1. The monoisotopic (exact) mass is 505 g/mol. The van der Waals surface area contributed by atoms with Crippen molar-refractivity contribution in [3.05, 3.63) is 90.5 Å². The summed E-state index contributed by atoms with van der Waals surface area (Å²) in [4.78, 5) is 29.2. The smallest absolute Gasteiger partial charge is 0.296 e. The minimum Gasteiger partial charge on any atom is -0.502 e. The Morgan fingerprint density at radius 1 is 1.12 bits per heavy atom. The number of benzene rings is 2. The van der Waals surface area contributed by atoms with Gasteiger partial charge in [-0.2, -0.15) is 0 Å². The minimum absolute atomic E-state index is 0.165. The van der Waals surface area contributed by atoms with Crippen molar-refractivity contribution in [2.24, 2.45) is 0 Å². The van der Waals surface area contributed by atoms with Gasteiger partial charge in [0.05, 0.1) is 15.5 Å². The molecule has 0 saturated carbocycles. The van der Waals surface area contributed by atoms with Crippen LogP contribution < -0.4 is 4.90 Å². The third-order valence-electron chi connectivity index (χ3n) is 5.22. The van der Waals surface area contributed by atoms with Gasteiger partial charge in [0.2, 0.25) is 9.84 Å². The molecule has 12 heteroatoms. The number of nitro benzene ring substituents is 1. The van der Waals surface area contributed by atoms with Crippen molar-refractivity contribution < 1.29 is 23.2 Å². The molecular weight excluding hydrogens is 490 g/mol. The molecule has 0 aliphatic carbocycles. The van der Waals surface area contributed by atoms with E-state index in [0.29, 0.717) is 10.7 Å². The number of amides is 1. The fourth-order valence-corrected chi connectivity index (χ4v) is 6.12. The molecule has 170 valence electrons. The Morgan fingerprint density at radius 3 is 2.24 bits per heavy atom. The number of rotatable bonds is 5. The van der Waals surface area contributed by atoms with E-state index >= 15 is 0 Å². The summed E-state index contributed by atoms with van der Waals surface area (Å²) < 4.78 is 27.1. The SMILES string of the molecule is Cc1nc(N2C(=O)C(O)=C(S(=O)(=O)c3ccc(Cl)cc3)[C@@H]2c2ccc([N+](=O)[O-])cc2)sc1C. The topological polar surface area (TPSA) is 131 Å². The van der Waals surface area contributed by atoms with Crippen LogP contribution in [0.4, 0.5) is 10.8 Å². The molecule has 4 rings (SSSR count). The van der Waals surface area contributed by atoms with Crippen LogP contribution in [0.15, 0.2) is 64.1 Å². The highest BCUT2D eigenvalue weighted by Gasteiger charge is 2.48. The lowest BCUT2D eigenvalue weighted by atomic mass is 10.1. The average molecular weight is 506 g/mol. The van der Waals surface area contributed by atoms with Crippen LogP contribution in [0, 0.1) is 24.0 Å². The lowest BCUT2D eigenvalue weighted by Crippen LogP contribution is -2.31. The number of aromatic nitrogens is 1. The molecule has 1 N–H and O–H groups in total. The molecule has 0 radical (unpaired) electrons. The number of thiazole rings is 1. The maximum atomic E-state index is 13.5. The second-order valence-corrected chi connectivity index (χ2v) is 10.8. The number of hydrogen-bond acceptors (Lipinski definition) is 8. The van der Waals surface area contributed by atoms with Gasteiger partial charge in [-0.25, -0.2) is 13.4 Å². The predicted octanol–water partition coefficient (Wildman–Crippen LogP) is 4.65. The van der Waals surface area contributed by atoms with Gasteiger partial charge in [-0.1, -0.05) is 11.6 Å². The number of halogens is 1. The van der Waals surface area contributed by atoms with Gasteiger partial charge in [0.1, 0.15) is 10.9 Å². The first-order valence-corrected chi connectivity index (χ1v) is 12.2. The zero-order valence-corrected chi connectivity index (χ0v) is 19.6. The van der Waals surface area contributed by atoms with Gasteiger partial charge in [0.25, 0.3) is 11.6 Å². The van der Waals surface area contributed by atoms with Gasteiger partial charge in [-0.3, -0.25) is 19.8 Å². The molecule has 0 unspecified atom stereocenters. The second kappa shape index (κ2) is 8.25. The number of sulfone groups is 1. The minimum atomic E-state index is -4.35. The Kier molecular flexibility index (Phi) is 5.72. The summed E-state index contributed by atoms with van der Waals surface area (Å²) in [7, 11) is -4.35. The molecule has 1 amide bonds. The van der Waals surface area contributed by atoms with Crippen LogP contribution in [-0.2, 0) is 14.6 Å². The second-order valence-electron chi connectivity index (χ2n) is 7.23. The van der Waals surface area contributed by atoms with Crippen LogP contribution in [-0.4, -0.2) is 29.3 Å². The molecule has 9 nitrogen and oxygen atoms in total. The Hall–Kier alpha value is -3.28. The standard InChI is InChI=1S/C21H16ClN3O6S2/c1-11-12(2)32-21(23-11)24-17(13-3-7-15(8-4-13)25(28)29)19(18(26)20(24)27)33(30,31)16-9-5-14(22)6-10-16/h3-10,17,26H,1-2H3/t17-/m0/s1. The normalized spacial score (nSPS) is 16.5. The van der Waals surface area contributed by atoms with Crippen molar-refractivity contribution in [3.8, 4) is 0 Å². The van der Waals surface area contributed by atoms with Gasteiger partial charge in [-0.05, 0) is 55.8 Å². The van der Waals surface area contributed by atoms with Crippen molar-refractivity contribution in [1.82, 2.24) is 4.98 Å². The highest BCUT2D eigenvalue weighted by atomic mass is 35.5. The molecule has 1 aliphatic rings. The molecule has 33 heavy (non-hydrogen) atoms. The molecule has 0 fully saturated rings. The van der Waals surface area contributed by atoms with Crippen molar-refractivity contribution >= 4 is 49.5 Å². The van der Waals surface area contributed by atoms with Crippen molar-refractivity contribution in [1.29, 1.82) is 0 Å². The Balaban J connectivity index is 1.93. The van der Waals surface area contributed by atoms with Crippen LogP contribution in [0.2, 0.25) is 5.02 Å². The van der Waals surface area contributed by atoms with Crippen molar-refractivity contribution in [2.75, 3.05) is 4.90 Å². The quantitative estimate of drug-likeness (QED) is 0.394. The van der Waals surface area contributed by atoms with Gasteiger partial charge >= 0.3 is 0 Å². The van der Waals surface area contributed by atoms with Gasteiger partial charge in [-0.15, -0.1) is 11.3 Å². The Bertz CT molecular complexity index is 1390. The van der Waals surface area contributed by atoms with Crippen LogP contribution >= 0.6 is 22.9 Å². The zero-order chi connectivity index (χ0) is 24.1. The van der Waals surface area contributed by atoms with Gasteiger partial charge < -0.3 is 5.11 Å². The number of non-ortho nitro benzene ring substituents is 1. The summed E-state index contributed by atoms with van der Waals surface area (Å²) in [5, 5.41) is 22.3. The average Bonchev–Trinajstić information content (AvgIpc) is 3.24. The highest BCUT2D eigenvalue weighted by molar-refractivity contribution is 7.95. The molecule has 2 heterocycles. The first-order chi connectivity index (χ1) is 15.5. The van der Waals surface area contributed by atoms with E-state index in [1.807, 2.05) is 0 Å². The maximum absolute atomic E-state index is 13.5. The molecule has 1 aliphatic heterocycles. The number of carbonyl (C=O) groups is 1. The summed E-state index contributed by atoms with van der Waals surface area (Å²) in [5.74, 6) is -1.86. The lowest BCUT2D eigenvalue weighted by molar-refractivity contribution is -0.384. The van der Waals surface area contributed by atoms with Crippen LogP contribution in [0.25, 0.3) is 0 Å². The Labute approximate surface area is 197 Å². The van der Waals surface area contributed by atoms with E-state index in [2.05, 4.69) is 4.98 Å². The molecule has 0 spiro atoms. The van der Waals surface area contributed by atoms with Gasteiger partial charge in [0.15, 0.2) is 10.9 Å². The molecule has 3 aromatic rings. The number of nitrogens with zero attached hydrogens (tertiary/aromatic N) is 3. The number of aryl methyl sites for hydroxylation is 2. The molecule has 1 aromatic heterocycles. The number of nitro groups is 1. The fraction of sp³-hybridized carbons (Fsp3) is 0.143. The van der Waals surface area contributed by atoms with Gasteiger partial charge in [0, 0.05) is 22.0 Å². The third-order valence-corrected chi connectivity index (χ3v) is 8.43. The van der Waals surface area contributed by atoms with E-state index in [9.17, 15) is 28.4 Å². The maximum Gasteiger partial charge on any atom is 0.296 e. The van der Waals surface area contributed by atoms with E-state index in [-0.39, 0.29) is 21.3 Å². The van der Waals surface area contributed by atoms with Crippen molar-refractivity contribution in [2.45, 2.75) is 24.8 Å². The van der Waals surface area contributed by atoms with E-state index in [1.165, 1.54) is 59.9 Å². The van der Waals surface area contributed by atoms with E-state index in [1.54, 1.807) is 13.8 Å². The Morgan fingerprint density at radius 2 is 1.73 bits per heavy atom. The third kappa shape index (κ3) is 3.88. The number of aliphatic hydroxyl groups is 1.